The number of imidazole rings is 1. The standard InChI is InChI=1S/C19H12ClN3O3S/c20-13-4-1-11(2-5-13)17-16(19(25)26)14(10-27-17)22-18(24)12-3-6-15-21-7-8-23(15)9-12/h1-10H,(H,22,24)(H,25,26). The monoisotopic (exact) mass is 397 g/mol. The molecule has 0 aliphatic heterocycles. The number of pyridine rings is 1. The van der Waals surface area contributed by atoms with Crippen molar-refractivity contribution < 1.29 is 14.7 Å². The lowest BCUT2D eigenvalue weighted by atomic mass is 10.1. The number of halogens is 1. The lowest BCUT2D eigenvalue weighted by molar-refractivity contribution is 0.0699. The van der Waals surface area contributed by atoms with Crippen molar-refractivity contribution in [2.24, 2.45) is 0 Å². The van der Waals surface area contributed by atoms with Crippen molar-refractivity contribution in [2.75, 3.05) is 5.32 Å². The second-order valence-electron chi connectivity index (χ2n) is 5.73. The minimum atomic E-state index is -1.11. The number of aromatic nitrogens is 2. The molecule has 4 rings (SSSR count). The number of benzene rings is 1. The van der Waals surface area contributed by atoms with Crippen LogP contribution in [-0.4, -0.2) is 26.4 Å². The first-order chi connectivity index (χ1) is 13.0. The van der Waals surface area contributed by atoms with Crippen LogP contribution in [-0.2, 0) is 0 Å². The molecule has 1 aromatic carbocycles. The number of hydrogen-bond acceptors (Lipinski definition) is 4. The number of nitrogens with zero attached hydrogens (tertiary/aromatic N) is 2. The molecule has 0 radical (unpaired) electrons. The van der Waals surface area contributed by atoms with Crippen molar-refractivity contribution >= 4 is 46.1 Å². The van der Waals surface area contributed by atoms with E-state index in [2.05, 4.69) is 10.3 Å². The van der Waals surface area contributed by atoms with Crippen molar-refractivity contribution in [3.8, 4) is 10.4 Å². The maximum atomic E-state index is 12.6. The number of thiophene rings is 1. The van der Waals surface area contributed by atoms with Gasteiger partial charge in [0.1, 0.15) is 11.2 Å². The number of aromatic carboxylic acids is 1. The molecule has 4 aromatic rings. The summed E-state index contributed by atoms with van der Waals surface area (Å²) in [6.45, 7) is 0. The third kappa shape index (κ3) is 3.30. The summed E-state index contributed by atoms with van der Waals surface area (Å²) in [5.74, 6) is -1.50. The molecule has 0 spiro atoms. The van der Waals surface area contributed by atoms with Crippen LogP contribution >= 0.6 is 22.9 Å². The second-order valence-corrected chi connectivity index (χ2v) is 7.05. The maximum absolute atomic E-state index is 12.6. The normalized spacial score (nSPS) is 10.9. The Morgan fingerprint density at radius 2 is 1.93 bits per heavy atom. The minimum absolute atomic E-state index is 0.0550. The number of nitrogens with one attached hydrogen (secondary N) is 1. The Balaban J connectivity index is 1.68. The highest BCUT2D eigenvalue weighted by molar-refractivity contribution is 7.14. The quantitative estimate of drug-likeness (QED) is 0.524. The Labute approximate surface area is 162 Å². The molecule has 0 bridgehead atoms. The number of fused-ring (bicyclic) bond motifs is 1. The third-order valence-corrected chi connectivity index (χ3v) is 5.29. The molecule has 27 heavy (non-hydrogen) atoms. The number of anilines is 1. The molecule has 8 heteroatoms. The maximum Gasteiger partial charge on any atom is 0.339 e. The van der Waals surface area contributed by atoms with Gasteiger partial charge < -0.3 is 14.8 Å². The Kier molecular flexibility index (Phi) is 4.39. The van der Waals surface area contributed by atoms with E-state index in [0.717, 1.165) is 11.2 Å². The van der Waals surface area contributed by atoms with E-state index >= 15 is 0 Å². The molecular formula is C19H12ClN3O3S. The van der Waals surface area contributed by atoms with Gasteiger partial charge in [0.25, 0.3) is 5.91 Å². The van der Waals surface area contributed by atoms with E-state index in [0.29, 0.717) is 15.5 Å². The first kappa shape index (κ1) is 17.3. The second kappa shape index (κ2) is 6.86. The van der Waals surface area contributed by atoms with Gasteiger partial charge in [-0.2, -0.15) is 0 Å². The Morgan fingerprint density at radius 3 is 2.67 bits per heavy atom. The summed E-state index contributed by atoms with van der Waals surface area (Å²) in [5, 5.41) is 14.6. The SMILES string of the molecule is O=C(Nc1csc(-c2ccc(Cl)cc2)c1C(=O)O)c1ccc2nccn2c1. The topological polar surface area (TPSA) is 83.7 Å². The number of carboxylic acid groups (broad SMARTS) is 1. The highest BCUT2D eigenvalue weighted by Gasteiger charge is 2.21. The molecule has 0 aliphatic rings. The molecule has 0 fully saturated rings. The van der Waals surface area contributed by atoms with Crippen molar-refractivity contribution in [3.05, 3.63) is 76.5 Å². The summed E-state index contributed by atoms with van der Waals surface area (Å²) in [5.41, 5.74) is 2.16. The zero-order valence-corrected chi connectivity index (χ0v) is 15.3. The van der Waals surface area contributed by atoms with Gasteiger partial charge in [-0.15, -0.1) is 11.3 Å². The fraction of sp³-hybridized carbons (Fsp3) is 0. The molecule has 3 aromatic heterocycles. The average molecular weight is 398 g/mol. The number of carbonyl (C=O) groups is 2. The number of amides is 1. The van der Waals surface area contributed by atoms with Crippen LogP contribution in [0.3, 0.4) is 0 Å². The van der Waals surface area contributed by atoms with Gasteiger partial charge in [0.2, 0.25) is 0 Å². The molecular weight excluding hydrogens is 386 g/mol. The van der Waals surface area contributed by atoms with E-state index in [1.807, 2.05) is 0 Å². The molecule has 134 valence electrons. The van der Waals surface area contributed by atoms with Crippen LogP contribution in [0, 0.1) is 0 Å². The molecule has 1 amide bonds. The molecule has 2 N–H and O–H groups in total. The van der Waals surface area contributed by atoms with Gasteiger partial charge in [-0.1, -0.05) is 23.7 Å². The van der Waals surface area contributed by atoms with Gasteiger partial charge in [-0.3, -0.25) is 4.79 Å². The summed E-state index contributed by atoms with van der Waals surface area (Å²) < 4.78 is 1.72. The van der Waals surface area contributed by atoms with E-state index in [9.17, 15) is 14.7 Å². The number of rotatable bonds is 4. The Morgan fingerprint density at radius 1 is 1.15 bits per heavy atom. The molecule has 0 aliphatic carbocycles. The molecule has 0 saturated carbocycles. The van der Waals surface area contributed by atoms with E-state index in [4.69, 9.17) is 11.6 Å². The van der Waals surface area contributed by atoms with E-state index < -0.39 is 11.9 Å². The van der Waals surface area contributed by atoms with Crippen LogP contribution in [0.25, 0.3) is 16.1 Å². The molecule has 0 atom stereocenters. The van der Waals surface area contributed by atoms with Crippen LogP contribution < -0.4 is 5.32 Å². The average Bonchev–Trinajstić information content (AvgIpc) is 3.28. The Hall–Kier alpha value is -3.16. The predicted molar refractivity (Wildman–Crippen MR) is 105 cm³/mol. The highest BCUT2D eigenvalue weighted by Crippen LogP contribution is 2.36. The predicted octanol–water partition coefficient (Wildman–Crippen LogP) is 4.67. The van der Waals surface area contributed by atoms with E-state index in [1.165, 1.54) is 11.3 Å². The zero-order chi connectivity index (χ0) is 19.0. The van der Waals surface area contributed by atoms with Crippen LogP contribution in [0.15, 0.2) is 60.4 Å². The number of hydrogen-bond donors (Lipinski definition) is 2. The Bertz CT molecular complexity index is 1160. The van der Waals surface area contributed by atoms with Crippen molar-refractivity contribution in [1.29, 1.82) is 0 Å². The number of carbonyl (C=O) groups excluding carboxylic acids is 1. The smallest absolute Gasteiger partial charge is 0.339 e. The third-order valence-electron chi connectivity index (χ3n) is 4.01. The molecule has 0 saturated heterocycles. The van der Waals surface area contributed by atoms with Crippen molar-refractivity contribution in [3.63, 3.8) is 0 Å². The number of carboxylic acids is 1. The minimum Gasteiger partial charge on any atom is -0.478 e. The highest BCUT2D eigenvalue weighted by atomic mass is 35.5. The first-order valence-corrected chi connectivity index (χ1v) is 9.13. The van der Waals surface area contributed by atoms with Gasteiger partial charge in [0.15, 0.2) is 0 Å². The van der Waals surface area contributed by atoms with Crippen molar-refractivity contribution in [2.45, 2.75) is 0 Å². The van der Waals surface area contributed by atoms with Gasteiger partial charge in [0, 0.05) is 29.0 Å². The lowest BCUT2D eigenvalue weighted by Crippen LogP contribution is -2.14. The van der Waals surface area contributed by atoms with Gasteiger partial charge >= 0.3 is 5.97 Å². The fourth-order valence-corrected chi connectivity index (χ4v) is 3.85. The van der Waals surface area contributed by atoms with E-state index in [1.54, 1.807) is 64.8 Å². The van der Waals surface area contributed by atoms with Gasteiger partial charge in [-0.25, -0.2) is 9.78 Å². The first-order valence-electron chi connectivity index (χ1n) is 7.88. The summed E-state index contributed by atoms with van der Waals surface area (Å²) >= 11 is 7.15. The fourth-order valence-electron chi connectivity index (χ4n) is 2.72. The van der Waals surface area contributed by atoms with Crippen LogP contribution in [0.5, 0.6) is 0 Å². The summed E-state index contributed by atoms with van der Waals surface area (Å²) in [6, 6.07) is 10.3. The van der Waals surface area contributed by atoms with Crippen LogP contribution in [0.2, 0.25) is 5.02 Å². The molecule has 3 heterocycles. The van der Waals surface area contributed by atoms with E-state index in [-0.39, 0.29) is 11.3 Å². The van der Waals surface area contributed by atoms with Gasteiger partial charge in [-0.05, 0) is 29.8 Å². The zero-order valence-electron chi connectivity index (χ0n) is 13.7. The summed E-state index contributed by atoms with van der Waals surface area (Å²) in [4.78, 5) is 29.1. The summed E-state index contributed by atoms with van der Waals surface area (Å²) in [7, 11) is 0. The molecule has 6 nitrogen and oxygen atoms in total. The lowest BCUT2D eigenvalue weighted by Gasteiger charge is -2.07. The largest absolute Gasteiger partial charge is 0.478 e. The van der Waals surface area contributed by atoms with Gasteiger partial charge in [0.05, 0.1) is 16.1 Å². The summed E-state index contributed by atoms with van der Waals surface area (Å²) in [6.07, 6.45) is 5.01. The van der Waals surface area contributed by atoms with Crippen LogP contribution in [0.4, 0.5) is 5.69 Å². The molecule has 0 unspecified atom stereocenters. The van der Waals surface area contributed by atoms with Crippen LogP contribution in [0.1, 0.15) is 20.7 Å². The van der Waals surface area contributed by atoms with Crippen molar-refractivity contribution in [1.82, 2.24) is 9.38 Å².